The molecule has 136 valence electrons. The van der Waals surface area contributed by atoms with E-state index in [0.717, 1.165) is 18.2 Å². The highest BCUT2D eigenvalue weighted by atomic mass is 19.4. The van der Waals surface area contributed by atoms with Crippen molar-refractivity contribution in [1.29, 1.82) is 0 Å². The third-order valence-corrected chi connectivity index (χ3v) is 3.37. The van der Waals surface area contributed by atoms with Crippen molar-refractivity contribution in [3.8, 4) is 0 Å². The van der Waals surface area contributed by atoms with Gasteiger partial charge in [0.2, 0.25) is 5.95 Å². The number of carbonyl (C=O) groups is 1. The molecule has 0 amide bonds. The highest BCUT2D eigenvalue weighted by Crippen LogP contribution is 2.31. The molecular weight excluding hydrogens is 347 g/mol. The molecule has 0 spiro atoms. The van der Waals surface area contributed by atoms with Gasteiger partial charge < -0.3 is 10.0 Å². The van der Waals surface area contributed by atoms with Crippen LogP contribution in [0.4, 0.5) is 19.1 Å². The normalized spacial score (nSPS) is 12.4. The van der Waals surface area contributed by atoms with Crippen LogP contribution in [0.15, 0.2) is 54.9 Å². The zero-order chi connectivity index (χ0) is 19.3. The van der Waals surface area contributed by atoms with E-state index >= 15 is 0 Å². The number of hydrogen-bond acceptors (Lipinski definition) is 4. The van der Waals surface area contributed by atoms with Gasteiger partial charge >= 0.3 is 12.1 Å². The fraction of sp³-hybridized carbons (Fsp3) is 0.167. The molecule has 0 aliphatic rings. The minimum absolute atomic E-state index is 0.474. The molecule has 0 saturated heterocycles. The smallest absolute Gasteiger partial charge is 0.416 e. The number of carboxylic acids is 1. The second-order valence-corrected chi connectivity index (χ2v) is 5.52. The lowest BCUT2D eigenvalue weighted by molar-refractivity contribution is -0.137. The van der Waals surface area contributed by atoms with Gasteiger partial charge in [0, 0.05) is 38.1 Å². The number of hydrogen-bond donors (Lipinski definition) is 1. The molecule has 1 N–H and O–H groups in total. The quantitative estimate of drug-likeness (QED) is 0.649. The van der Waals surface area contributed by atoms with Crippen LogP contribution in [-0.4, -0.2) is 35.1 Å². The highest BCUT2D eigenvalue weighted by molar-refractivity contribution is 5.83. The summed E-state index contributed by atoms with van der Waals surface area (Å²) in [5.74, 6) is -0.658. The Hall–Kier alpha value is -3.16. The Morgan fingerprint density at radius 3 is 2.12 bits per heavy atom. The number of aliphatic carboxylic acids is 1. The first-order valence-electron chi connectivity index (χ1n) is 7.47. The molecule has 1 aromatic carbocycles. The highest BCUT2D eigenvalue weighted by Gasteiger charge is 2.30. The van der Waals surface area contributed by atoms with E-state index in [2.05, 4.69) is 9.97 Å². The van der Waals surface area contributed by atoms with Gasteiger partial charge in [0.1, 0.15) is 0 Å². The molecule has 0 fully saturated rings. The molecule has 0 aliphatic heterocycles. The number of alkyl halides is 3. The predicted molar refractivity (Wildman–Crippen MR) is 91.7 cm³/mol. The summed E-state index contributed by atoms with van der Waals surface area (Å²) in [7, 11) is 3.55. The number of nitrogens with zero attached hydrogens (tertiary/aromatic N) is 3. The third kappa shape index (κ3) is 4.92. The number of rotatable bonds is 5. The average molecular weight is 363 g/mol. The van der Waals surface area contributed by atoms with Crippen LogP contribution < -0.4 is 4.90 Å². The maximum atomic E-state index is 12.7. The largest absolute Gasteiger partial charge is 0.478 e. The summed E-state index contributed by atoms with van der Waals surface area (Å²) in [6.07, 6.45) is 2.35. The van der Waals surface area contributed by atoms with E-state index in [9.17, 15) is 18.0 Å². The predicted octanol–water partition coefficient (Wildman–Crippen LogP) is 3.63. The lowest BCUT2D eigenvalue weighted by atomic mass is 9.98. The number of halogens is 3. The van der Waals surface area contributed by atoms with Crippen LogP contribution in [0, 0.1) is 0 Å². The summed E-state index contributed by atoms with van der Waals surface area (Å²) in [5, 5.41) is 8.72. The van der Waals surface area contributed by atoms with Crippen LogP contribution in [-0.2, 0) is 11.0 Å². The first-order valence-corrected chi connectivity index (χ1v) is 7.47. The van der Waals surface area contributed by atoms with E-state index in [4.69, 9.17) is 5.11 Å². The molecule has 2 rings (SSSR count). The maximum absolute atomic E-state index is 12.7. The Morgan fingerprint density at radius 1 is 1.08 bits per heavy atom. The molecule has 0 aliphatic carbocycles. The summed E-state index contributed by atoms with van der Waals surface area (Å²) in [4.78, 5) is 20.7. The molecule has 0 atom stereocenters. The molecule has 5 nitrogen and oxygen atoms in total. The lowest BCUT2D eigenvalue weighted by Crippen LogP contribution is -2.12. The van der Waals surface area contributed by atoms with Crippen LogP contribution in [0.2, 0.25) is 0 Å². The Morgan fingerprint density at radius 2 is 1.65 bits per heavy atom. The minimum atomic E-state index is -4.43. The van der Waals surface area contributed by atoms with Crippen LogP contribution >= 0.6 is 0 Å². The van der Waals surface area contributed by atoms with Gasteiger partial charge in [-0.05, 0) is 23.3 Å². The van der Waals surface area contributed by atoms with Gasteiger partial charge in [0.15, 0.2) is 0 Å². The van der Waals surface area contributed by atoms with Crippen molar-refractivity contribution in [2.24, 2.45) is 0 Å². The fourth-order valence-corrected chi connectivity index (χ4v) is 2.12. The van der Waals surface area contributed by atoms with E-state index in [1.807, 2.05) is 0 Å². The number of anilines is 1. The fourth-order valence-electron chi connectivity index (χ4n) is 2.12. The first kappa shape index (κ1) is 19.2. The van der Waals surface area contributed by atoms with Crippen LogP contribution in [0.1, 0.15) is 16.7 Å². The van der Waals surface area contributed by atoms with Crippen molar-refractivity contribution in [3.63, 3.8) is 0 Å². The monoisotopic (exact) mass is 363 g/mol. The van der Waals surface area contributed by atoms with Crippen molar-refractivity contribution in [2.75, 3.05) is 19.0 Å². The van der Waals surface area contributed by atoms with E-state index < -0.39 is 17.7 Å². The number of carboxylic acid groups (broad SMARTS) is 1. The van der Waals surface area contributed by atoms with E-state index in [1.165, 1.54) is 36.7 Å². The maximum Gasteiger partial charge on any atom is 0.416 e. The minimum Gasteiger partial charge on any atom is -0.478 e. The summed E-state index contributed by atoms with van der Waals surface area (Å²) in [5.41, 5.74) is 0.766. The van der Waals surface area contributed by atoms with Gasteiger partial charge in [-0.1, -0.05) is 24.3 Å². The molecule has 0 bridgehead atoms. The van der Waals surface area contributed by atoms with Gasteiger partial charge in [-0.3, -0.25) is 0 Å². The van der Waals surface area contributed by atoms with E-state index in [0.29, 0.717) is 22.6 Å². The molecule has 0 saturated carbocycles. The van der Waals surface area contributed by atoms with Crippen molar-refractivity contribution in [1.82, 2.24) is 9.97 Å². The average Bonchev–Trinajstić information content (AvgIpc) is 2.58. The zero-order valence-corrected chi connectivity index (χ0v) is 14.0. The molecule has 8 heteroatoms. The zero-order valence-electron chi connectivity index (χ0n) is 14.0. The van der Waals surface area contributed by atoms with Crippen molar-refractivity contribution < 1.29 is 23.1 Å². The third-order valence-electron chi connectivity index (χ3n) is 3.37. The van der Waals surface area contributed by atoms with Crippen molar-refractivity contribution in [3.05, 3.63) is 71.6 Å². The van der Waals surface area contributed by atoms with Gasteiger partial charge in [0.05, 0.1) is 5.56 Å². The Balaban J connectivity index is 2.46. The molecule has 1 heterocycles. The van der Waals surface area contributed by atoms with E-state index in [-0.39, 0.29) is 0 Å². The van der Waals surface area contributed by atoms with Gasteiger partial charge in [-0.2, -0.15) is 13.2 Å². The van der Waals surface area contributed by atoms with Crippen LogP contribution in [0.5, 0.6) is 0 Å². The van der Waals surface area contributed by atoms with Gasteiger partial charge in [-0.15, -0.1) is 0 Å². The Bertz CT molecular complexity index is 824. The topological polar surface area (TPSA) is 66.3 Å². The van der Waals surface area contributed by atoms with Crippen LogP contribution in [0.3, 0.4) is 0 Å². The van der Waals surface area contributed by atoms with E-state index in [1.54, 1.807) is 19.0 Å². The Kier molecular flexibility index (Phi) is 5.76. The molecule has 26 heavy (non-hydrogen) atoms. The summed E-state index contributed by atoms with van der Waals surface area (Å²) in [6.45, 7) is 0. The van der Waals surface area contributed by atoms with Crippen LogP contribution in [0.25, 0.3) is 5.57 Å². The van der Waals surface area contributed by atoms with Gasteiger partial charge in [-0.25, -0.2) is 14.8 Å². The first-order chi connectivity index (χ1) is 12.2. The number of aromatic nitrogens is 2. The van der Waals surface area contributed by atoms with Gasteiger partial charge in [0.25, 0.3) is 0 Å². The molecule has 2 aromatic rings. The summed E-state index contributed by atoms with van der Waals surface area (Å²) >= 11 is 0. The SMILES string of the molecule is CN(C)c1ncc(/C(=C/C=C/C(=O)O)c2ccc(C(F)(F)F)cc2)cn1. The molecule has 0 radical (unpaired) electrons. The second kappa shape index (κ2) is 7.81. The number of allylic oxidation sites excluding steroid dienone is 2. The molecule has 0 unspecified atom stereocenters. The molecule has 1 aromatic heterocycles. The summed E-state index contributed by atoms with van der Waals surface area (Å²) in [6, 6.07) is 4.59. The lowest BCUT2D eigenvalue weighted by Gasteiger charge is -2.12. The summed E-state index contributed by atoms with van der Waals surface area (Å²) < 4.78 is 38.2. The standard InChI is InChI=1S/C18H16F3N3O2/c1-24(2)17-22-10-13(11-23-17)15(4-3-5-16(25)26)12-6-8-14(9-7-12)18(19,20)21/h3-11H,1-2H3,(H,25,26)/b5-3+,15-4+. The van der Waals surface area contributed by atoms with Crippen molar-refractivity contribution >= 4 is 17.5 Å². The number of benzene rings is 1. The van der Waals surface area contributed by atoms with Crippen molar-refractivity contribution in [2.45, 2.75) is 6.18 Å². The second-order valence-electron chi connectivity index (χ2n) is 5.52. The Labute approximate surface area is 148 Å². The molecular formula is C18H16F3N3O2.